The van der Waals surface area contributed by atoms with Crippen LogP contribution in [0.5, 0.6) is 0 Å². The van der Waals surface area contributed by atoms with Crippen molar-refractivity contribution in [3.8, 4) is 11.8 Å². The minimum Gasteiger partial charge on any atom is -0.384 e. The molecule has 0 bridgehead atoms. The molecule has 108 valence electrons. The molecule has 1 aromatic carbocycles. The van der Waals surface area contributed by atoms with E-state index in [9.17, 15) is 9.18 Å². The number of aliphatic hydroxyl groups is 1. The number of thioether (sulfide) groups is 1. The van der Waals surface area contributed by atoms with E-state index in [1.807, 2.05) is 20.8 Å². The zero-order valence-corrected chi connectivity index (χ0v) is 12.6. The summed E-state index contributed by atoms with van der Waals surface area (Å²) >= 11 is 1.52. The quantitative estimate of drug-likeness (QED) is 0.843. The van der Waals surface area contributed by atoms with E-state index >= 15 is 0 Å². The van der Waals surface area contributed by atoms with Crippen molar-refractivity contribution >= 4 is 23.4 Å². The zero-order valence-electron chi connectivity index (χ0n) is 11.8. The number of amides is 1. The molecule has 1 amide bonds. The van der Waals surface area contributed by atoms with Gasteiger partial charge in [0.1, 0.15) is 12.4 Å². The van der Waals surface area contributed by atoms with Gasteiger partial charge in [-0.3, -0.25) is 4.79 Å². The first kappa shape index (κ1) is 16.5. The molecule has 1 rings (SSSR count). The van der Waals surface area contributed by atoms with E-state index < -0.39 is 5.82 Å². The second-order valence-electron chi connectivity index (χ2n) is 5.10. The summed E-state index contributed by atoms with van der Waals surface area (Å²) in [5, 5.41) is 11.2. The Hall–Kier alpha value is -1.51. The molecule has 0 spiro atoms. The standard InChI is InChI=1S/C15H18FNO2S/c1-15(2,3)20-10-14(19)17-12-7-6-11(5-4-8-18)13(16)9-12/h6-7,9,18H,8,10H2,1-3H3,(H,17,19). The maximum absolute atomic E-state index is 13.7. The van der Waals surface area contributed by atoms with Crippen molar-refractivity contribution in [2.24, 2.45) is 0 Å². The van der Waals surface area contributed by atoms with Crippen LogP contribution in [0.4, 0.5) is 10.1 Å². The van der Waals surface area contributed by atoms with E-state index in [4.69, 9.17) is 5.11 Å². The molecule has 0 unspecified atom stereocenters. The van der Waals surface area contributed by atoms with Gasteiger partial charge in [0.2, 0.25) is 5.91 Å². The Balaban J connectivity index is 2.65. The third-order valence-electron chi connectivity index (χ3n) is 2.19. The Morgan fingerprint density at radius 2 is 2.15 bits per heavy atom. The van der Waals surface area contributed by atoms with E-state index in [1.165, 1.54) is 23.9 Å². The van der Waals surface area contributed by atoms with Gasteiger partial charge in [-0.05, 0) is 18.2 Å². The van der Waals surface area contributed by atoms with Crippen LogP contribution < -0.4 is 5.32 Å². The Morgan fingerprint density at radius 3 is 2.70 bits per heavy atom. The summed E-state index contributed by atoms with van der Waals surface area (Å²) in [5.41, 5.74) is 0.595. The Bertz CT molecular complexity index is 541. The fourth-order valence-electron chi connectivity index (χ4n) is 1.31. The van der Waals surface area contributed by atoms with Crippen molar-refractivity contribution in [2.75, 3.05) is 17.7 Å². The van der Waals surface area contributed by atoms with Gasteiger partial charge in [0.25, 0.3) is 0 Å². The van der Waals surface area contributed by atoms with E-state index in [2.05, 4.69) is 17.2 Å². The number of aliphatic hydroxyl groups excluding tert-OH is 1. The predicted molar refractivity (Wildman–Crippen MR) is 81.2 cm³/mol. The molecule has 0 saturated carbocycles. The average molecular weight is 295 g/mol. The van der Waals surface area contributed by atoms with Gasteiger partial charge in [0, 0.05) is 10.4 Å². The lowest BCUT2D eigenvalue weighted by molar-refractivity contribution is -0.113. The topological polar surface area (TPSA) is 49.3 Å². The van der Waals surface area contributed by atoms with Crippen molar-refractivity contribution in [1.82, 2.24) is 0 Å². The van der Waals surface area contributed by atoms with Crippen LogP contribution in [0.25, 0.3) is 0 Å². The lowest BCUT2D eigenvalue weighted by atomic mass is 10.2. The van der Waals surface area contributed by atoms with E-state index in [-0.39, 0.29) is 22.8 Å². The Morgan fingerprint density at radius 1 is 1.45 bits per heavy atom. The van der Waals surface area contributed by atoms with Crippen LogP contribution in [0.2, 0.25) is 0 Å². The van der Waals surface area contributed by atoms with Crippen LogP contribution in [-0.2, 0) is 4.79 Å². The van der Waals surface area contributed by atoms with Gasteiger partial charge >= 0.3 is 0 Å². The summed E-state index contributed by atoms with van der Waals surface area (Å²) in [6, 6.07) is 4.29. The predicted octanol–water partition coefficient (Wildman–Crippen LogP) is 2.64. The van der Waals surface area contributed by atoms with Gasteiger partial charge in [0.05, 0.1) is 11.3 Å². The van der Waals surface area contributed by atoms with Crippen LogP contribution in [0, 0.1) is 17.7 Å². The summed E-state index contributed by atoms with van der Waals surface area (Å²) in [7, 11) is 0. The lowest BCUT2D eigenvalue weighted by Gasteiger charge is -2.17. The summed E-state index contributed by atoms with van der Waals surface area (Å²) < 4.78 is 13.7. The number of rotatable bonds is 3. The number of hydrogen-bond donors (Lipinski definition) is 2. The maximum Gasteiger partial charge on any atom is 0.234 e. The van der Waals surface area contributed by atoms with Gasteiger partial charge in [-0.1, -0.05) is 32.6 Å². The van der Waals surface area contributed by atoms with Crippen molar-refractivity contribution in [1.29, 1.82) is 0 Å². The highest BCUT2D eigenvalue weighted by molar-refractivity contribution is 8.01. The van der Waals surface area contributed by atoms with Crippen molar-refractivity contribution in [3.05, 3.63) is 29.6 Å². The van der Waals surface area contributed by atoms with Crippen molar-refractivity contribution < 1.29 is 14.3 Å². The van der Waals surface area contributed by atoms with Crippen LogP contribution >= 0.6 is 11.8 Å². The van der Waals surface area contributed by atoms with Crippen LogP contribution in [0.3, 0.4) is 0 Å². The highest BCUT2D eigenvalue weighted by Gasteiger charge is 2.13. The molecular formula is C15H18FNO2S. The molecule has 3 nitrogen and oxygen atoms in total. The first-order chi connectivity index (χ1) is 9.31. The van der Waals surface area contributed by atoms with Gasteiger partial charge < -0.3 is 10.4 Å². The molecule has 0 aliphatic heterocycles. The molecule has 0 aliphatic rings. The minimum atomic E-state index is -0.521. The number of carbonyl (C=O) groups is 1. The molecule has 0 saturated heterocycles. The van der Waals surface area contributed by atoms with Gasteiger partial charge in [-0.2, -0.15) is 0 Å². The minimum absolute atomic E-state index is 0.00628. The fraction of sp³-hybridized carbons (Fsp3) is 0.400. The smallest absolute Gasteiger partial charge is 0.234 e. The third-order valence-corrected chi connectivity index (χ3v) is 3.46. The summed E-state index contributed by atoms with van der Waals surface area (Å²) in [6.07, 6.45) is 0. The molecule has 0 aromatic heterocycles. The first-order valence-corrected chi connectivity index (χ1v) is 7.13. The van der Waals surface area contributed by atoms with E-state index in [1.54, 1.807) is 6.07 Å². The molecule has 5 heteroatoms. The zero-order chi connectivity index (χ0) is 15.2. The SMILES string of the molecule is CC(C)(C)SCC(=O)Nc1ccc(C#CCO)c(F)c1. The summed E-state index contributed by atoms with van der Waals surface area (Å²) in [6.45, 7) is 5.76. The lowest BCUT2D eigenvalue weighted by Crippen LogP contribution is -2.19. The molecule has 0 radical (unpaired) electrons. The Labute approximate surface area is 123 Å². The van der Waals surface area contributed by atoms with Crippen LogP contribution in [0.15, 0.2) is 18.2 Å². The highest BCUT2D eigenvalue weighted by atomic mass is 32.2. The second kappa shape index (κ2) is 7.32. The van der Waals surface area contributed by atoms with Crippen molar-refractivity contribution in [3.63, 3.8) is 0 Å². The second-order valence-corrected chi connectivity index (χ2v) is 6.91. The van der Waals surface area contributed by atoms with E-state index in [0.29, 0.717) is 11.4 Å². The van der Waals surface area contributed by atoms with Crippen LogP contribution in [-0.4, -0.2) is 28.1 Å². The summed E-state index contributed by atoms with van der Waals surface area (Å²) in [4.78, 5) is 11.7. The molecule has 0 aliphatic carbocycles. The fourth-order valence-corrected chi connectivity index (χ4v) is 1.94. The number of anilines is 1. The van der Waals surface area contributed by atoms with Crippen LogP contribution in [0.1, 0.15) is 26.3 Å². The molecule has 0 fully saturated rings. The van der Waals surface area contributed by atoms with E-state index in [0.717, 1.165) is 0 Å². The normalized spacial score (nSPS) is 10.7. The Kier molecular flexibility index (Phi) is 6.05. The number of hydrogen-bond acceptors (Lipinski definition) is 3. The third kappa shape index (κ3) is 6.09. The van der Waals surface area contributed by atoms with Gasteiger partial charge in [-0.25, -0.2) is 4.39 Å². The molecule has 20 heavy (non-hydrogen) atoms. The summed E-state index contributed by atoms with van der Waals surface area (Å²) in [5.74, 6) is 4.50. The first-order valence-electron chi connectivity index (χ1n) is 6.15. The molecule has 1 aromatic rings. The number of halogens is 1. The maximum atomic E-state index is 13.7. The van der Waals surface area contributed by atoms with Crippen molar-refractivity contribution in [2.45, 2.75) is 25.5 Å². The molecular weight excluding hydrogens is 277 g/mol. The van der Waals surface area contributed by atoms with Gasteiger partial charge in [-0.15, -0.1) is 11.8 Å². The number of benzene rings is 1. The van der Waals surface area contributed by atoms with Gasteiger partial charge in [0.15, 0.2) is 0 Å². The number of carbonyl (C=O) groups excluding carboxylic acids is 1. The monoisotopic (exact) mass is 295 g/mol. The largest absolute Gasteiger partial charge is 0.384 e. The average Bonchev–Trinajstić information content (AvgIpc) is 2.35. The molecule has 0 heterocycles. The molecule has 0 atom stereocenters. The number of nitrogens with one attached hydrogen (secondary N) is 1. The highest BCUT2D eigenvalue weighted by Crippen LogP contribution is 2.23. The molecule has 2 N–H and O–H groups in total.